The second-order valence-electron chi connectivity index (χ2n) is 8.85. The van der Waals surface area contributed by atoms with Gasteiger partial charge in [0, 0.05) is 25.9 Å². The van der Waals surface area contributed by atoms with Crippen molar-refractivity contribution < 1.29 is 23.0 Å². The summed E-state index contributed by atoms with van der Waals surface area (Å²) in [6.07, 6.45) is 7.54. The first-order chi connectivity index (χ1) is 16.4. The molecule has 1 saturated carbocycles. The van der Waals surface area contributed by atoms with E-state index in [0.29, 0.717) is 44.2 Å². The maximum Gasteiger partial charge on any atom is 0.323 e. The first kappa shape index (κ1) is 23.9. The Morgan fingerprint density at radius 3 is 2.65 bits per heavy atom. The number of anilines is 1. The van der Waals surface area contributed by atoms with E-state index in [0.717, 1.165) is 24.2 Å². The van der Waals surface area contributed by atoms with Crippen LogP contribution in [0.5, 0.6) is 11.6 Å². The van der Waals surface area contributed by atoms with Crippen LogP contribution >= 0.6 is 0 Å². The Kier molecular flexibility index (Phi) is 7.59. The van der Waals surface area contributed by atoms with Crippen molar-refractivity contribution in [2.75, 3.05) is 32.1 Å². The van der Waals surface area contributed by atoms with Gasteiger partial charge in [-0.1, -0.05) is 23.8 Å². The highest BCUT2D eigenvalue weighted by Gasteiger charge is 2.35. The number of carbonyl (C=O) groups is 1. The molecule has 34 heavy (non-hydrogen) atoms. The molecule has 1 aromatic heterocycles. The van der Waals surface area contributed by atoms with Crippen LogP contribution in [-0.2, 0) is 0 Å². The highest BCUT2D eigenvalue weighted by atomic mass is 19.3. The molecule has 2 aromatic rings. The minimum absolute atomic E-state index is 0.0459. The number of amides is 2. The lowest BCUT2D eigenvalue weighted by Crippen LogP contribution is -2.39. The van der Waals surface area contributed by atoms with E-state index in [9.17, 15) is 13.6 Å². The normalized spacial score (nSPS) is 18.3. The van der Waals surface area contributed by atoms with Crippen LogP contribution < -0.4 is 14.8 Å². The number of alkyl halides is 2. The average Bonchev–Trinajstić information content (AvgIpc) is 2.84. The molecule has 0 unspecified atom stereocenters. The predicted molar refractivity (Wildman–Crippen MR) is 125 cm³/mol. The number of piperidine rings is 1. The number of carbonyl (C=O) groups excluding carboxylic acids is 1. The number of urea groups is 1. The molecule has 2 fully saturated rings. The smallest absolute Gasteiger partial charge is 0.323 e. The topological polar surface area (TPSA) is 76.6 Å². The van der Waals surface area contributed by atoms with Gasteiger partial charge in [-0.2, -0.15) is 0 Å². The molecule has 0 bridgehead atoms. The Labute approximate surface area is 198 Å². The van der Waals surface area contributed by atoms with Gasteiger partial charge < -0.3 is 14.4 Å². The summed E-state index contributed by atoms with van der Waals surface area (Å²) in [6.45, 7) is 1.70. The number of ether oxygens (including phenoxy) is 2. The van der Waals surface area contributed by atoms with Gasteiger partial charge in [-0.05, 0) is 49.3 Å². The zero-order valence-electron chi connectivity index (χ0n) is 19.3. The molecule has 2 aliphatic rings. The molecule has 1 aliphatic heterocycles. The molecule has 1 N–H and O–H groups in total. The minimum atomic E-state index is -2.51. The van der Waals surface area contributed by atoms with Crippen molar-refractivity contribution in [1.29, 1.82) is 0 Å². The van der Waals surface area contributed by atoms with Crippen LogP contribution in [0, 0.1) is 5.92 Å². The Balaban J connectivity index is 1.25. The summed E-state index contributed by atoms with van der Waals surface area (Å²) in [5.74, 6) is -0.808. The van der Waals surface area contributed by atoms with E-state index in [2.05, 4.69) is 21.4 Å². The highest BCUT2D eigenvalue weighted by molar-refractivity contribution is 5.88. The number of rotatable bonds is 6. The summed E-state index contributed by atoms with van der Waals surface area (Å²) < 4.78 is 37.5. The summed E-state index contributed by atoms with van der Waals surface area (Å²) in [4.78, 5) is 22.4. The molecular weight excluding hydrogens is 442 g/mol. The monoisotopic (exact) mass is 472 g/mol. The number of methoxy groups -OCH3 is 1. The van der Waals surface area contributed by atoms with E-state index in [-0.39, 0.29) is 24.8 Å². The molecule has 7 nitrogen and oxygen atoms in total. The number of nitrogens with zero attached hydrogens (tertiary/aromatic N) is 3. The number of benzene rings is 1. The maximum atomic E-state index is 13.3. The molecule has 0 atom stereocenters. The molecule has 0 radical (unpaired) electrons. The predicted octanol–water partition coefficient (Wildman–Crippen LogP) is 5.40. The first-order valence-electron chi connectivity index (χ1n) is 11.6. The van der Waals surface area contributed by atoms with E-state index < -0.39 is 5.92 Å². The summed E-state index contributed by atoms with van der Waals surface area (Å²) in [6, 6.07) is 7.63. The second kappa shape index (κ2) is 10.8. The molecular formula is C25H30F2N4O3. The third-order valence-electron chi connectivity index (χ3n) is 6.32. The van der Waals surface area contributed by atoms with Crippen molar-refractivity contribution in [2.45, 2.75) is 44.4 Å². The van der Waals surface area contributed by atoms with E-state index in [1.807, 2.05) is 24.3 Å². The standard InChI is InChI=1S/C25H30F2N4O3/c1-33-23-16-28-22(15-29-23)30-24(32)31-11-7-18(8-12-31)13-20-3-2-4-21(14-20)34-17-19-5-9-25(26,27)10-6-19/h2-4,13-16,19H,5-12,17H2,1H3,(H,28,30,32). The van der Waals surface area contributed by atoms with Crippen LogP contribution in [0.3, 0.4) is 0 Å². The number of aromatic nitrogens is 2. The van der Waals surface area contributed by atoms with Crippen LogP contribution in [-0.4, -0.2) is 53.6 Å². The van der Waals surface area contributed by atoms with E-state index in [1.165, 1.54) is 25.1 Å². The van der Waals surface area contributed by atoms with Gasteiger partial charge in [0.15, 0.2) is 5.82 Å². The quantitative estimate of drug-likeness (QED) is 0.609. The maximum absolute atomic E-state index is 13.3. The second-order valence-corrected chi connectivity index (χ2v) is 8.85. The lowest BCUT2D eigenvalue weighted by Gasteiger charge is -2.28. The van der Waals surface area contributed by atoms with Gasteiger partial charge >= 0.3 is 6.03 Å². The lowest BCUT2D eigenvalue weighted by molar-refractivity contribution is -0.0498. The fourth-order valence-electron chi connectivity index (χ4n) is 4.23. The van der Waals surface area contributed by atoms with Crippen LogP contribution in [0.4, 0.5) is 19.4 Å². The van der Waals surface area contributed by atoms with Gasteiger partial charge in [-0.15, -0.1) is 0 Å². The van der Waals surface area contributed by atoms with Crippen molar-refractivity contribution >= 4 is 17.9 Å². The van der Waals surface area contributed by atoms with Gasteiger partial charge in [-0.3, -0.25) is 5.32 Å². The Morgan fingerprint density at radius 1 is 1.21 bits per heavy atom. The third-order valence-corrected chi connectivity index (χ3v) is 6.32. The van der Waals surface area contributed by atoms with Crippen LogP contribution in [0.25, 0.3) is 6.08 Å². The zero-order valence-corrected chi connectivity index (χ0v) is 19.3. The third kappa shape index (κ3) is 6.65. The van der Waals surface area contributed by atoms with Crippen LogP contribution in [0.2, 0.25) is 0 Å². The largest absolute Gasteiger partial charge is 0.493 e. The van der Waals surface area contributed by atoms with Gasteiger partial charge in [-0.25, -0.2) is 23.5 Å². The fraction of sp³-hybridized carbons (Fsp3) is 0.480. The lowest BCUT2D eigenvalue weighted by atomic mass is 9.87. The molecule has 2 heterocycles. The number of nitrogens with one attached hydrogen (secondary N) is 1. The van der Waals surface area contributed by atoms with Crippen molar-refractivity contribution in [3.05, 3.63) is 47.8 Å². The first-order valence-corrected chi connectivity index (χ1v) is 11.6. The molecule has 0 spiro atoms. The van der Waals surface area contributed by atoms with Crippen LogP contribution in [0.15, 0.2) is 42.2 Å². The van der Waals surface area contributed by atoms with Crippen molar-refractivity contribution in [3.8, 4) is 11.6 Å². The molecule has 1 aromatic carbocycles. The summed E-state index contributed by atoms with van der Waals surface area (Å²) >= 11 is 0. The Bertz CT molecular complexity index is 993. The molecule has 182 valence electrons. The van der Waals surface area contributed by atoms with E-state index >= 15 is 0 Å². The molecule has 4 rings (SSSR count). The summed E-state index contributed by atoms with van der Waals surface area (Å²) in [7, 11) is 1.51. The van der Waals surface area contributed by atoms with Crippen molar-refractivity contribution in [2.24, 2.45) is 5.92 Å². The van der Waals surface area contributed by atoms with Gasteiger partial charge in [0.1, 0.15) is 5.75 Å². The SMILES string of the molecule is COc1cnc(NC(=O)N2CCC(=Cc3cccc(OCC4CCC(F)(F)CC4)c3)CC2)cn1. The van der Waals surface area contributed by atoms with Gasteiger partial charge in [0.2, 0.25) is 11.8 Å². The Morgan fingerprint density at radius 2 is 1.97 bits per heavy atom. The molecule has 9 heteroatoms. The van der Waals surface area contributed by atoms with Crippen LogP contribution in [0.1, 0.15) is 44.1 Å². The fourth-order valence-corrected chi connectivity index (χ4v) is 4.23. The number of halogens is 2. The number of likely N-dealkylation sites (tertiary alicyclic amines) is 1. The number of hydrogen-bond acceptors (Lipinski definition) is 5. The van der Waals surface area contributed by atoms with Gasteiger partial charge in [0.25, 0.3) is 0 Å². The summed E-state index contributed by atoms with van der Waals surface area (Å²) in [5, 5.41) is 2.76. The molecule has 2 amide bonds. The highest BCUT2D eigenvalue weighted by Crippen LogP contribution is 2.36. The summed E-state index contributed by atoms with van der Waals surface area (Å²) in [5.41, 5.74) is 2.30. The zero-order chi connectivity index (χ0) is 24.0. The average molecular weight is 473 g/mol. The van der Waals surface area contributed by atoms with Crippen molar-refractivity contribution in [3.63, 3.8) is 0 Å². The molecule has 1 saturated heterocycles. The molecule has 1 aliphatic carbocycles. The Hall–Kier alpha value is -3.23. The number of hydrogen-bond donors (Lipinski definition) is 1. The van der Waals surface area contributed by atoms with Gasteiger partial charge in [0.05, 0.1) is 26.1 Å². The van der Waals surface area contributed by atoms with E-state index in [1.54, 1.807) is 4.90 Å². The minimum Gasteiger partial charge on any atom is -0.493 e. The van der Waals surface area contributed by atoms with Crippen molar-refractivity contribution in [1.82, 2.24) is 14.9 Å². The van der Waals surface area contributed by atoms with E-state index in [4.69, 9.17) is 9.47 Å².